The van der Waals surface area contributed by atoms with Crippen LogP contribution in [0.3, 0.4) is 0 Å². The van der Waals surface area contributed by atoms with Gasteiger partial charge in [-0.15, -0.1) is 0 Å². The number of rotatable bonds is 3. The SMILES string of the molecule is O=C(c1cccc(-c2cccnc2)c1)c1ccn[nH]1. The average Bonchev–Trinajstić information content (AvgIpc) is 3.02. The maximum absolute atomic E-state index is 12.2. The smallest absolute Gasteiger partial charge is 0.210 e. The summed E-state index contributed by atoms with van der Waals surface area (Å²) in [5, 5.41) is 6.48. The van der Waals surface area contributed by atoms with Gasteiger partial charge in [0.1, 0.15) is 5.69 Å². The fourth-order valence-corrected chi connectivity index (χ4v) is 1.91. The maximum Gasteiger partial charge on any atom is 0.210 e. The van der Waals surface area contributed by atoms with Crippen LogP contribution in [0.1, 0.15) is 16.1 Å². The lowest BCUT2D eigenvalue weighted by molar-refractivity contribution is 0.103. The molecular weight excluding hydrogens is 238 g/mol. The quantitative estimate of drug-likeness (QED) is 0.726. The van der Waals surface area contributed by atoms with Crippen molar-refractivity contribution in [3.8, 4) is 11.1 Å². The molecule has 3 aromatic rings. The fourth-order valence-electron chi connectivity index (χ4n) is 1.91. The molecular formula is C15H11N3O. The fraction of sp³-hybridized carbons (Fsp3) is 0. The molecule has 4 nitrogen and oxygen atoms in total. The zero-order chi connectivity index (χ0) is 13.1. The summed E-state index contributed by atoms with van der Waals surface area (Å²) < 4.78 is 0. The molecule has 0 unspecified atom stereocenters. The number of hydrogen-bond donors (Lipinski definition) is 1. The Balaban J connectivity index is 1.99. The number of carbonyl (C=O) groups excluding carboxylic acids is 1. The maximum atomic E-state index is 12.2. The molecule has 19 heavy (non-hydrogen) atoms. The molecule has 0 fully saturated rings. The number of H-pyrrole nitrogens is 1. The van der Waals surface area contributed by atoms with Crippen LogP contribution in [0.15, 0.2) is 61.1 Å². The minimum absolute atomic E-state index is 0.0664. The highest BCUT2D eigenvalue weighted by atomic mass is 16.1. The second-order valence-electron chi connectivity index (χ2n) is 4.12. The van der Waals surface area contributed by atoms with Crippen LogP contribution in [0, 0.1) is 0 Å². The highest BCUT2D eigenvalue weighted by molar-refractivity contribution is 6.08. The van der Waals surface area contributed by atoms with Crippen LogP contribution in [0.4, 0.5) is 0 Å². The molecule has 1 aromatic carbocycles. The summed E-state index contributed by atoms with van der Waals surface area (Å²) in [6.45, 7) is 0. The van der Waals surface area contributed by atoms with Gasteiger partial charge in [-0.25, -0.2) is 0 Å². The lowest BCUT2D eigenvalue weighted by Crippen LogP contribution is -2.01. The van der Waals surface area contributed by atoms with Gasteiger partial charge < -0.3 is 0 Å². The Kier molecular flexibility index (Phi) is 2.90. The minimum Gasteiger partial charge on any atom is -0.287 e. The van der Waals surface area contributed by atoms with Crippen molar-refractivity contribution >= 4 is 5.78 Å². The molecule has 0 radical (unpaired) electrons. The summed E-state index contributed by atoms with van der Waals surface area (Å²) >= 11 is 0. The predicted molar refractivity (Wildman–Crippen MR) is 71.7 cm³/mol. The lowest BCUT2D eigenvalue weighted by Gasteiger charge is -2.03. The van der Waals surface area contributed by atoms with Crippen molar-refractivity contribution < 1.29 is 4.79 Å². The van der Waals surface area contributed by atoms with Crippen molar-refractivity contribution in [2.24, 2.45) is 0 Å². The standard InChI is InChI=1S/C15H11N3O/c19-15(14-6-8-17-18-14)12-4-1-3-11(9-12)13-5-2-7-16-10-13/h1-10H,(H,17,18). The van der Waals surface area contributed by atoms with Gasteiger partial charge in [-0.05, 0) is 23.8 Å². The molecule has 2 heterocycles. The molecule has 2 aromatic heterocycles. The van der Waals surface area contributed by atoms with Gasteiger partial charge in [0.2, 0.25) is 5.78 Å². The molecule has 3 rings (SSSR count). The minimum atomic E-state index is -0.0664. The molecule has 1 N–H and O–H groups in total. The summed E-state index contributed by atoms with van der Waals surface area (Å²) in [4.78, 5) is 16.3. The summed E-state index contributed by atoms with van der Waals surface area (Å²) in [5.41, 5.74) is 3.08. The van der Waals surface area contributed by atoms with Gasteiger partial charge in [0.15, 0.2) is 0 Å². The summed E-state index contributed by atoms with van der Waals surface area (Å²) in [5.74, 6) is -0.0664. The second-order valence-corrected chi connectivity index (χ2v) is 4.12. The van der Waals surface area contributed by atoms with E-state index in [0.717, 1.165) is 11.1 Å². The molecule has 92 valence electrons. The summed E-state index contributed by atoms with van der Waals surface area (Å²) in [7, 11) is 0. The number of aromatic amines is 1. The lowest BCUT2D eigenvalue weighted by atomic mass is 10.0. The van der Waals surface area contributed by atoms with E-state index in [9.17, 15) is 4.79 Å². The number of ketones is 1. The van der Waals surface area contributed by atoms with Crippen LogP contribution in [0.25, 0.3) is 11.1 Å². The van der Waals surface area contributed by atoms with Crippen molar-refractivity contribution in [1.29, 1.82) is 0 Å². The molecule has 0 aliphatic rings. The third kappa shape index (κ3) is 2.28. The number of carbonyl (C=O) groups is 1. The van der Waals surface area contributed by atoms with Crippen LogP contribution in [-0.2, 0) is 0 Å². The van der Waals surface area contributed by atoms with Crippen molar-refractivity contribution in [1.82, 2.24) is 15.2 Å². The Morgan fingerprint density at radius 1 is 1.00 bits per heavy atom. The average molecular weight is 249 g/mol. The van der Waals surface area contributed by atoms with E-state index < -0.39 is 0 Å². The predicted octanol–water partition coefficient (Wildman–Crippen LogP) is 2.70. The van der Waals surface area contributed by atoms with Crippen molar-refractivity contribution in [2.45, 2.75) is 0 Å². The highest BCUT2D eigenvalue weighted by Crippen LogP contribution is 2.20. The number of benzene rings is 1. The molecule has 0 saturated heterocycles. The molecule has 0 aliphatic heterocycles. The molecule has 0 atom stereocenters. The van der Waals surface area contributed by atoms with E-state index in [-0.39, 0.29) is 5.78 Å². The first-order chi connectivity index (χ1) is 9.34. The Morgan fingerprint density at radius 2 is 1.89 bits per heavy atom. The Morgan fingerprint density at radius 3 is 2.63 bits per heavy atom. The third-order valence-electron chi connectivity index (χ3n) is 2.86. The van der Waals surface area contributed by atoms with E-state index in [1.807, 2.05) is 30.3 Å². The number of hydrogen-bond acceptors (Lipinski definition) is 3. The van der Waals surface area contributed by atoms with Gasteiger partial charge in [-0.2, -0.15) is 5.10 Å². The molecule has 0 bridgehead atoms. The van der Waals surface area contributed by atoms with E-state index in [1.165, 1.54) is 0 Å². The van der Waals surface area contributed by atoms with E-state index >= 15 is 0 Å². The number of nitrogens with one attached hydrogen (secondary N) is 1. The molecule has 4 heteroatoms. The van der Waals surface area contributed by atoms with Crippen molar-refractivity contribution in [3.05, 3.63) is 72.3 Å². The van der Waals surface area contributed by atoms with Gasteiger partial charge in [0, 0.05) is 29.7 Å². The Bertz CT molecular complexity index is 690. The second kappa shape index (κ2) is 4.86. The van der Waals surface area contributed by atoms with Crippen LogP contribution in [0.5, 0.6) is 0 Å². The molecule has 0 amide bonds. The summed E-state index contributed by atoms with van der Waals surface area (Å²) in [6, 6.07) is 13.0. The zero-order valence-electron chi connectivity index (χ0n) is 10.1. The van der Waals surface area contributed by atoms with Crippen LogP contribution in [0.2, 0.25) is 0 Å². The van der Waals surface area contributed by atoms with Gasteiger partial charge in [0.05, 0.1) is 0 Å². The number of pyridine rings is 1. The van der Waals surface area contributed by atoms with E-state index in [2.05, 4.69) is 15.2 Å². The third-order valence-corrected chi connectivity index (χ3v) is 2.86. The topological polar surface area (TPSA) is 58.6 Å². The Hall–Kier alpha value is -2.75. The highest BCUT2D eigenvalue weighted by Gasteiger charge is 2.10. The number of nitrogens with zero attached hydrogens (tertiary/aromatic N) is 2. The zero-order valence-corrected chi connectivity index (χ0v) is 10.1. The first kappa shape index (κ1) is 11.3. The van der Waals surface area contributed by atoms with E-state index in [0.29, 0.717) is 11.3 Å². The summed E-state index contributed by atoms with van der Waals surface area (Å²) in [6.07, 6.45) is 5.07. The molecule has 0 saturated carbocycles. The molecule has 0 spiro atoms. The largest absolute Gasteiger partial charge is 0.287 e. The normalized spacial score (nSPS) is 10.3. The van der Waals surface area contributed by atoms with E-state index in [1.54, 1.807) is 30.7 Å². The van der Waals surface area contributed by atoms with Gasteiger partial charge in [-0.3, -0.25) is 14.9 Å². The first-order valence-electron chi connectivity index (χ1n) is 5.89. The van der Waals surface area contributed by atoms with E-state index in [4.69, 9.17) is 0 Å². The van der Waals surface area contributed by atoms with Crippen LogP contribution in [-0.4, -0.2) is 21.0 Å². The van der Waals surface area contributed by atoms with Crippen molar-refractivity contribution in [2.75, 3.05) is 0 Å². The van der Waals surface area contributed by atoms with Gasteiger partial charge in [0.25, 0.3) is 0 Å². The molecule has 0 aliphatic carbocycles. The monoisotopic (exact) mass is 249 g/mol. The van der Waals surface area contributed by atoms with Crippen LogP contribution < -0.4 is 0 Å². The van der Waals surface area contributed by atoms with Gasteiger partial charge in [-0.1, -0.05) is 24.3 Å². The number of aromatic nitrogens is 3. The van der Waals surface area contributed by atoms with Crippen molar-refractivity contribution in [3.63, 3.8) is 0 Å². The first-order valence-corrected chi connectivity index (χ1v) is 5.89. The van der Waals surface area contributed by atoms with Crippen LogP contribution >= 0.6 is 0 Å². The van der Waals surface area contributed by atoms with Gasteiger partial charge >= 0.3 is 0 Å². The Labute approximate surface area is 110 Å².